The minimum atomic E-state index is -4.78. The molecular formula is C16H14F3NO3. The summed E-state index contributed by atoms with van der Waals surface area (Å²) in [6.07, 6.45) is -4.78. The molecule has 2 aromatic rings. The molecule has 0 aliphatic rings. The number of carbonyl (C=O) groups is 1. The largest absolute Gasteiger partial charge is 0.573 e. The van der Waals surface area contributed by atoms with Gasteiger partial charge in [-0.2, -0.15) is 0 Å². The first-order valence-electron chi connectivity index (χ1n) is 6.56. The summed E-state index contributed by atoms with van der Waals surface area (Å²) in [6, 6.07) is 8.52. The van der Waals surface area contributed by atoms with Crippen molar-refractivity contribution in [3.05, 3.63) is 47.5 Å². The van der Waals surface area contributed by atoms with Gasteiger partial charge in [-0.1, -0.05) is 12.1 Å². The number of hydrogen-bond acceptors (Lipinski definition) is 4. The molecule has 2 rings (SSSR count). The lowest BCUT2D eigenvalue weighted by Gasteiger charge is -2.13. The first-order valence-corrected chi connectivity index (χ1v) is 6.56. The highest BCUT2D eigenvalue weighted by molar-refractivity contribution is 5.94. The number of methoxy groups -OCH3 is 1. The van der Waals surface area contributed by atoms with Crippen molar-refractivity contribution in [2.24, 2.45) is 0 Å². The Labute approximate surface area is 130 Å². The van der Waals surface area contributed by atoms with Gasteiger partial charge < -0.3 is 15.2 Å². The van der Waals surface area contributed by atoms with Gasteiger partial charge in [0.1, 0.15) is 5.75 Å². The van der Waals surface area contributed by atoms with Crippen LogP contribution >= 0.6 is 0 Å². The number of nitrogens with two attached hydrogens (primary N) is 1. The number of hydrogen-bond donors (Lipinski definition) is 1. The van der Waals surface area contributed by atoms with Crippen LogP contribution in [0.5, 0.6) is 5.75 Å². The normalized spacial score (nSPS) is 11.2. The number of carbonyl (C=O) groups excluding carboxylic acids is 1. The second-order valence-corrected chi connectivity index (χ2v) is 4.81. The van der Waals surface area contributed by atoms with Crippen molar-refractivity contribution in [1.29, 1.82) is 0 Å². The summed E-state index contributed by atoms with van der Waals surface area (Å²) in [4.78, 5) is 11.8. The van der Waals surface area contributed by atoms with Crippen molar-refractivity contribution in [3.8, 4) is 16.9 Å². The molecule has 0 heterocycles. The molecule has 7 heteroatoms. The molecule has 0 amide bonds. The van der Waals surface area contributed by atoms with Crippen molar-refractivity contribution < 1.29 is 27.4 Å². The Kier molecular flexibility index (Phi) is 4.49. The SMILES string of the molecule is COC(=O)c1cc(-c2cccc(OC(F)(F)F)c2)cc(N)c1C. The fraction of sp³-hybridized carbons (Fsp3) is 0.188. The molecule has 122 valence electrons. The molecule has 0 saturated heterocycles. The van der Waals surface area contributed by atoms with Gasteiger partial charge >= 0.3 is 12.3 Å². The molecule has 0 unspecified atom stereocenters. The molecule has 4 nitrogen and oxygen atoms in total. The van der Waals surface area contributed by atoms with Gasteiger partial charge in [-0.25, -0.2) is 4.79 Å². The van der Waals surface area contributed by atoms with Crippen LogP contribution in [0.1, 0.15) is 15.9 Å². The lowest BCUT2D eigenvalue weighted by Crippen LogP contribution is -2.17. The van der Waals surface area contributed by atoms with E-state index in [9.17, 15) is 18.0 Å². The Morgan fingerprint density at radius 2 is 1.83 bits per heavy atom. The number of rotatable bonds is 3. The zero-order chi connectivity index (χ0) is 17.2. The molecule has 0 aliphatic carbocycles. The highest BCUT2D eigenvalue weighted by atomic mass is 19.4. The second-order valence-electron chi connectivity index (χ2n) is 4.81. The Morgan fingerprint density at radius 3 is 2.43 bits per heavy atom. The van der Waals surface area contributed by atoms with Crippen LogP contribution in [0.4, 0.5) is 18.9 Å². The molecule has 0 fully saturated rings. The first kappa shape index (κ1) is 16.7. The maximum absolute atomic E-state index is 12.3. The summed E-state index contributed by atoms with van der Waals surface area (Å²) < 4.78 is 45.5. The van der Waals surface area contributed by atoms with Crippen LogP contribution in [0.25, 0.3) is 11.1 Å². The van der Waals surface area contributed by atoms with E-state index in [-0.39, 0.29) is 11.3 Å². The quantitative estimate of drug-likeness (QED) is 0.686. The van der Waals surface area contributed by atoms with E-state index in [2.05, 4.69) is 9.47 Å². The molecule has 0 aliphatic heterocycles. The fourth-order valence-corrected chi connectivity index (χ4v) is 2.10. The summed E-state index contributed by atoms with van der Waals surface area (Å²) in [5.41, 5.74) is 7.93. The summed E-state index contributed by atoms with van der Waals surface area (Å²) in [5, 5.41) is 0. The molecule has 0 aromatic heterocycles. The summed E-state index contributed by atoms with van der Waals surface area (Å²) in [5.74, 6) is -0.924. The number of benzene rings is 2. The minimum absolute atomic E-state index is 0.254. The first-order chi connectivity index (χ1) is 10.7. The molecular weight excluding hydrogens is 311 g/mol. The Morgan fingerprint density at radius 1 is 1.13 bits per heavy atom. The van der Waals surface area contributed by atoms with E-state index in [1.165, 1.54) is 31.4 Å². The summed E-state index contributed by atoms with van der Waals surface area (Å²) in [6.45, 7) is 1.66. The number of ether oxygens (including phenoxy) is 2. The van der Waals surface area contributed by atoms with E-state index >= 15 is 0 Å². The maximum atomic E-state index is 12.3. The molecule has 0 atom stereocenters. The fourth-order valence-electron chi connectivity index (χ4n) is 2.10. The van der Waals surface area contributed by atoms with Gasteiger partial charge in [0.05, 0.1) is 12.7 Å². The highest BCUT2D eigenvalue weighted by Crippen LogP contribution is 2.31. The van der Waals surface area contributed by atoms with Crippen LogP contribution in [0.15, 0.2) is 36.4 Å². The van der Waals surface area contributed by atoms with E-state index in [1.54, 1.807) is 19.1 Å². The molecule has 0 spiro atoms. The van der Waals surface area contributed by atoms with Gasteiger partial charge in [0, 0.05) is 5.69 Å². The molecule has 0 radical (unpaired) electrons. The van der Waals surface area contributed by atoms with Crippen molar-refractivity contribution in [3.63, 3.8) is 0 Å². The molecule has 0 bridgehead atoms. The number of anilines is 1. The zero-order valence-electron chi connectivity index (χ0n) is 12.4. The Bertz CT molecular complexity index is 742. The third kappa shape index (κ3) is 3.94. The number of halogens is 3. The zero-order valence-corrected chi connectivity index (χ0v) is 12.4. The molecule has 2 aromatic carbocycles. The standard InChI is InChI=1S/C16H14F3NO3/c1-9-13(15(21)22-2)7-11(8-14(9)20)10-4-3-5-12(6-10)23-16(17,18)19/h3-8H,20H2,1-2H3. The predicted molar refractivity (Wildman–Crippen MR) is 79.0 cm³/mol. The van der Waals surface area contributed by atoms with Crippen LogP contribution in [-0.2, 0) is 4.74 Å². The van der Waals surface area contributed by atoms with Crippen LogP contribution in [-0.4, -0.2) is 19.4 Å². The third-order valence-corrected chi connectivity index (χ3v) is 3.25. The third-order valence-electron chi connectivity index (χ3n) is 3.25. The van der Waals surface area contributed by atoms with Crippen LogP contribution in [0, 0.1) is 6.92 Å². The average molecular weight is 325 g/mol. The molecule has 23 heavy (non-hydrogen) atoms. The van der Waals surface area contributed by atoms with E-state index in [1.807, 2.05) is 0 Å². The van der Waals surface area contributed by atoms with Crippen molar-refractivity contribution in [2.45, 2.75) is 13.3 Å². The van der Waals surface area contributed by atoms with E-state index in [0.29, 0.717) is 22.4 Å². The Hall–Kier alpha value is -2.70. The predicted octanol–water partition coefficient (Wildman–Crippen LogP) is 3.93. The molecule has 0 saturated carbocycles. The maximum Gasteiger partial charge on any atom is 0.573 e. The number of esters is 1. The van der Waals surface area contributed by atoms with Crippen LogP contribution < -0.4 is 10.5 Å². The smallest absolute Gasteiger partial charge is 0.465 e. The van der Waals surface area contributed by atoms with E-state index in [0.717, 1.165) is 0 Å². The van der Waals surface area contributed by atoms with Crippen LogP contribution in [0.3, 0.4) is 0 Å². The topological polar surface area (TPSA) is 61.5 Å². The van der Waals surface area contributed by atoms with Crippen molar-refractivity contribution in [2.75, 3.05) is 12.8 Å². The van der Waals surface area contributed by atoms with Crippen LogP contribution in [0.2, 0.25) is 0 Å². The van der Waals surface area contributed by atoms with Crippen molar-refractivity contribution in [1.82, 2.24) is 0 Å². The highest BCUT2D eigenvalue weighted by Gasteiger charge is 2.31. The van der Waals surface area contributed by atoms with Gasteiger partial charge in [0.25, 0.3) is 0 Å². The summed E-state index contributed by atoms with van der Waals surface area (Å²) >= 11 is 0. The van der Waals surface area contributed by atoms with Gasteiger partial charge in [-0.15, -0.1) is 13.2 Å². The lowest BCUT2D eigenvalue weighted by atomic mass is 9.98. The monoisotopic (exact) mass is 325 g/mol. The lowest BCUT2D eigenvalue weighted by molar-refractivity contribution is -0.274. The number of nitrogen functional groups attached to an aromatic ring is 1. The van der Waals surface area contributed by atoms with E-state index < -0.39 is 12.3 Å². The summed E-state index contributed by atoms with van der Waals surface area (Å²) in [7, 11) is 1.24. The van der Waals surface area contributed by atoms with Crippen molar-refractivity contribution >= 4 is 11.7 Å². The number of alkyl halides is 3. The van der Waals surface area contributed by atoms with Gasteiger partial charge in [0.15, 0.2) is 0 Å². The molecule has 2 N–H and O–H groups in total. The average Bonchev–Trinajstić information content (AvgIpc) is 2.47. The Balaban J connectivity index is 2.48. The van der Waals surface area contributed by atoms with Gasteiger partial charge in [-0.05, 0) is 47.9 Å². The van der Waals surface area contributed by atoms with E-state index in [4.69, 9.17) is 5.73 Å². The van der Waals surface area contributed by atoms with Gasteiger partial charge in [0.2, 0.25) is 0 Å². The second kappa shape index (κ2) is 6.20. The van der Waals surface area contributed by atoms with Gasteiger partial charge in [-0.3, -0.25) is 0 Å². The minimum Gasteiger partial charge on any atom is -0.465 e.